The Morgan fingerprint density at radius 2 is 1.90 bits per heavy atom. The monoisotopic (exact) mass is 307 g/mol. The summed E-state index contributed by atoms with van der Waals surface area (Å²) >= 11 is 6.00. The van der Waals surface area contributed by atoms with E-state index in [2.05, 4.69) is 5.32 Å². The highest BCUT2D eigenvalue weighted by molar-refractivity contribution is 6.30. The molecule has 0 aliphatic rings. The maximum absolute atomic E-state index is 14.4. The Bertz CT molecular complexity index is 630. The standard InChI is InChI=1S/C17H19ClFNO/c1-4-20-17(14-7-5-12(18)9-11(14)2)15-8-6-13(21-3)10-16(15)19/h5-10,17,20H,4H2,1-3H3. The van der Waals surface area contributed by atoms with Crippen molar-refractivity contribution < 1.29 is 9.13 Å². The second kappa shape index (κ2) is 6.92. The predicted octanol–water partition coefficient (Wildman–Crippen LogP) is 4.50. The molecule has 1 N–H and O–H groups in total. The lowest BCUT2D eigenvalue weighted by Gasteiger charge is -2.22. The van der Waals surface area contributed by atoms with Gasteiger partial charge in [0, 0.05) is 16.7 Å². The smallest absolute Gasteiger partial charge is 0.132 e. The third kappa shape index (κ3) is 3.55. The topological polar surface area (TPSA) is 21.3 Å². The first-order valence-electron chi connectivity index (χ1n) is 6.89. The van der Waals surface area contributed by atoms with E-state index in [9.17, 15) is 4.39 Å². The lowest BCUT2D eigenvalue weighted by molar-refractivity contribution is 0.410. The molecule has 0 fully saturated rings. The Hall–Kier alpha value is -1.58. The van der Waals surface area contributed by atoms with Gasteiger partial charge in [-0.15, -0.1) is 0 Å². The summed E-state index contributed by atoms with van der Waals surface area (Å²) in [6.07, 6.45) is 0. The maximum Gasteiger partial charge on any atom is 0.132 e. The first-order chi connectivity index (χ1) is 10.1. The second-order valence-corrected chi connectivity index (χ2v) is 5.32. The molecule has 0 aliphatic carbocycles. The van der Waals surface area contributed by atoms with Gasteiger partial charge in [0.2, 0.25) is 0 Å². The van der Waals surface area contributed by atoms with E-state index in [4.69, 9.17) is 16.3 Å². The summed E-state index contributed by atoms with van der Waals surface area (Å²) in [6.45, 7) is 4.71. The van der Waals surface area contributed by atoms with Gasteiger partial charge in [-0.25, -0.2) is 4.39 Å². The molecule has 0 spiro atoms. The highest BCUT2D eigenvalue weighted by Gasteiger charge is 2.19. The van der Waals surface area contributed by atoms with Crippen LogP contribution in [0.4, 0.5) is 4.39 Å². The van der Waals surface area contributed by atoms with Crippen molar-refractivity contribution in [2.75, 3.05) is 13.7 Å². The summed E-state index contributed by atoms with van der Waals surface area (Å²) in [7, 11) is 1.53. The molecule has 2 aromatic rings. The fourth-order valence-corrected chi connectivity index (χ4v) is 2.65. The molecule has 0 saturated heterocycles. The van der Waals surface area contributed by atoms with E-state index < -0.39 is 0 Å². The summed E-state index contributed by atoms with van der Waals surface area (Å²) in [6, 6.07) is 10.4. The van der Waals surface area contributed by atoms with Crippen LogP contribution in [0.2, 0.25) is 5.02 Å². The molecule has 2 aromatic carbocycles. The molecular weight excluding hydrogens is 289 g/mol. The van der Waals surface area contributed by atoms with Crippen LogP contribution >= 0.6 is 11.6 Å². The molecule has 0 aromatic heterocycles. The van der Waals surface area contributed by atoms with Crippen LogP contribution < -0.4 is 10.1 Å². The number of methoxy groups -OCH3 is 1. The van der Waals surface area contributed by atoms with E-state index in [1.54, 1.807) is 12.1 Å². The SMILES string of the molecule is CCNC(c1ccc(Cl)cc1C)c1ccc(OC)cc1F. The van der Waals surface area contributed by atoms with E-state index in [1.165, 1.54) is 13.2 Å². The first kappa shape index (κ1) is 15.8. The highest BCUT2D eigenvalue weighted by atomic mass is 35.5. The van der Waals surface area contributed by atoms with Gasteiger partial charge in [0.25, 0.3) is 0 Å². The highest BCUT2D eigenvalue weighted by Crippen LogP contribution is 2.30. The van der Waals surface area contributed by atoms with E-state index >= 15 is 0 Å². The van der Waals surface area contributed by atoms with Crippen molar-refractivity contribution in [2.45, 2.75) is 19.9 Å². The molecule has 1 unspecified atom stereocenters. The lowest BCUT2D eigenvalue weighted by atomic mass is 9.94. The number of halogens is 2. The molecule has 21 heavy (non-hydrogen) atoms. The molecule has 0 saturated carbocycles. The van der Waals surface area contributed by atoms with Crippen molar-refractivity contribution in [3.05, 3.63) is 63.9 Å². The van der Waals surface area contributed by atoms with Crippen molar-refractivity contribution >= 4 is 11.6 Å². The largest absolute Gasteiger partial charge is 0.497 e. The first-order valence-corrected chi connectivity index (χ1v) is 7.27. The normalized spacial score (nSPS) is 12.2. The summed E-state index contributed by atoms with van der Waals surface area (Å²) in [4.78, 5) is 0. The van der Waals surface area contributed by atoms with E-state index in [0.717, 1.165) is 17.7 Å². The van der Waals surface area contributed by atoms with Gasteiger partial charge in [-0.2, -0.15) is 0 Å². The minimum Gasteiger partial charge on any atom is -0.497 e. The number of benzene rings is 2. The Labute approximate surface area is 129 Å². The van der Waals surface area contributed by atoms with Gasteiger partial charge < -0.3 is 10.1 Å². The molecule has 1 atom stereocenters. The zero-order valence-corrected chi connectivity index (χ0v) is 13.2. The number of ether oxygens (including phenoxy) is 1. The Kier molecular flexibility index (Phi) is 5.21. The molecular formula is C17H19ClFNO. The van der Waals surface area contributed by atoms with Crippen LogP contribution in [0.15, 0.2) is 36.4 Å². The molecule has 2 rings (SSSR count). The van der Waals surface area contributed by atoms with Gasteiger partial charge in [-0.05, 0) is 42.8 Å². The number of hydrogen-bond acceptors (Lipinski definition) is 2. The van der Waals surface area contributed by atoms with E-state index in [1.807, 2.05) is 32.0 Å². The van der Waals surface area contributed by atoms with Gasteiger partial charge in [0.15, 0.2) is 0 Å². The fourth-order valence-electron chi connectivity index (χ4n) is 2.42. The number of rotatable bonds is 5. The van der Waals surface area contributed by atoms with Crippen LogP contribution in [-0.4, -0.2) is 13.7 Å². The van der Waals surface area contributed by atoms with Crippen molar-refractivity contribution in [1.82, 2.24) is 5.32 Å². The lowest BCUT2D eigenvalue weighted by Crippen LogP contribution is -2.23. The third-order valence-corrected chi connectivity index (χ3v) is 3.70. The third-order valence-electron chi connectivity index (χ3n) is 3.47. The number of nitrogens with one attached hydrogen (secondary N) is 1. The van der Waals surface area contributed by atoms with Crippen LogP contribution in [-0.2, 0) is 0 Å². The molecule has 2 nitrogen and oxygen atoms in total. The second-order valence-electron chi connectivity index (χ2n) is 4.88. The number of hydrogen-bond donors (Lipinski definition) is 1. The zero-order valence-electron chi connectivity index (χ0n) is 12.4. The van der Waals surface area contributed by atoms with Crippen LogP contribution in [0.1, 0.15) is 29.7 Å². The van der Waals surface area contributed by atoms with Crippen molar-refractivity contribution in [1.29, 1.82) is 0 Å². The average Bonchev–Trinajstić information content (AvgIpc) is 2.46. The van der Waals surface area contributed by atoms with E-state index in [-0.39, 0.29) is 11.9 Å². The zero-order chi connectivity index (χ0) is 15.4. The van der Waals surface area contributed by atoms with Gasteiger partial charge in [-0.3, -0.25) is 0 Å². The Morgan fingerprint density at radius 3 is 2.48 bits per heavy atom. The molecule has 112 valence electrons. The molecule has 4 heteroatoms. The quantitative estimate of drug-likeness (QED) is 0.878. The molecule has 0 amide bonds. The van der Waals surface area contributed by atoms with Gasteiger partial charge in [0.05, 0.1) is 13.2 Å². The van der Waals surface area contributed by atoms with Crippen molar-refractivity contribution in [3.63, 3.8) is 0 Å². The minimum atomic E-state index is -0.283. The molecule has 0 radical (unpaired) electrons. The average molecular weight is 308 g/mol. The summed E-state index contributed by atoms with van der Waals surface area (Å²) in [5, 5.41) is 4.01. The molecule has 0 aliphatic heterocycles. The Morgan fingerprint density at radius 1 is 1.19 bits per heavy atom. The molecule has 0 bridgehead atoms. The van der Waals surface area contributed by atoms with Gasteiger partial charge >= 0.3 is 0 Å². The van der Waals surface area contributed by atoms with Gasteiger partial charge in [-0.1, -0.05) is 30.7 Å². The van der Waals surface area contributed by atoms with Crippen molar-refractivity contribution in [3.8, 4) is 5.75 Å². The number of aryl methyl sites for hydroxylation is 1. The minimum absolute atomic E-state index is 0.210. The van der Waals surface area contributed by atoms with Crippen LogP contribution in [0.3, 0.4) is 0 Å². The maximum atomic E-state index is 14.4. The van der Waals surface area contributed by atoms with Crippen LogP contribution in [0, 0.1) is 12.7 Å². The van der Waals surface area contributed by atoms with E-state index in [0.29, 0.717) is 16.3 Å². The summed E-state index contributed by atoms with van der Waals surface area (Å²) < 4.78 is 19.4. The van der Waals surface area contributed by atoms with Crippen LogP contribution in [0.5, 0.6) is 5.75 Å². The van der Waals surface area contributed by atoms with Crippen LogP contribution in [0.25, 0.3) is 0 Å². The van der Waals surface area contributed by atoms with Gasteiger partial charge in [0.1, 0.15) is 11.6 Å². The predicted molar refractivity (Wildman–Crippen MR) is 84.7 cm³/mol. The summed E-state index contributed by atoms with van der Waals surface area (Å²) in [5.74, 6) is 0.231. The summed E-state index contributed by atoms with van der Waals surface area (Å²) in [5.41, 5.74) is 2.65. The Balaban J connectivity index is 2.48. The molecule has 0 heterocycles. The fraction of sp³-hybridized carbons (Fsp3) is 0.294. The van der Waals surface area contributed by atoms with Crippen molar-refractivity contribution in [2.24, 2.45) is 0 Å².